The zero-order valence-electron chi connectivity index (χ0n) is 10.8. The Morgan fingerprint density at radius 1 is 1.39 bits per heavy atom. The summed E-state index contributed by atoms with van der Waals surface area (Å²) in [4.78, 5) is 6.82. The third-order valence-corrected chi connectivity index (χ3v) is 3.73. The van der Waals surface area contributed by atoms with Crippen molar-refractivity contribution in [2.24, 2.45) is 0 Å². The summed E-state index contributed by atoms with van der Waals surface area (Å²) in [5, 5.41) is 7.41. The number of rotatable bonds is 3. The number of ether oxygens (including phenoxy) is 1. The molecular formula is C12H20N4O2. The Bertz CT molecular complexity index is 395. The van der Waals surface area contributed by atoms with Crippen molar-refractivity contribution in [1.29, 1.82) is 0 Å². The van der Waals surface area contributed by atoms with Gasteiger partial charge in [-0.1, -0.05) is 5.16 Å². The van der Waals surface area contributed by atoms with Crippen molar-refractivity contribution in [2.45, 2.75) is 31.9 Å². The molecule has 1 N–H and O–H groups in total. The molecule has 1 atom stereocenters. The zero-order chi connectivity index (χ0) is 12.4. The molecule has 3 heterocycles. The number of piperazine rings is 1. The zero-order valence-corrected chi connectivity index (χ0v) is 10.8. The highest BCUT2D eigenvalue weighted by atomic mass is 16.5. The smallest absolute Gasteiger partial charge is 0.240 e. The van der Waals surface area contributed by atoms with Gasteiger partial charge >= 0.3 is 0 Å². The first kappa shape index (κ1) is 12.1. The van der Waals surface area contributed by atoms with Crippen LogP contribution in [0.2, 0.25) is 0 Å². The van der Waals surface area contributed by atoms with E-state index >= 15 is 0 Å². The van der Waals surface area contributed by atoms with Crippen LogP contribution in [0.1, 0.15) is 31.5 Å². The SMILES string of the molecule is CC1(c2noc(CN3CCNCC3)n2)CCCO1. The summed E-state index contributed by atoms with van der Waals surface area (Å²) in [6, 6.07) is 0. The average molecular weight is 252 g/mol. The second-order valence-corrected chi connectivity index (χ2v) is 5.22. The fourth-order valence-electron chi connectivity index (χ4n) is 2.55. The maximum atomic E-state index is 5.72. The molecule has 18 heavy (non-hydrogen) atoms. The summed E-state index contributed by atoms with van der Waals surface area (Å²) in [6.45, 7) is 7.70. The Labute approximate surface area is 107 Å². The molecular weight excluding hydrogens is 232 g/mol. The topological polar surface area (TPSA) is 63.4 Å². The van der Waals surface area contributed by atoms with E-state index in [0.29, 0.717) is 11.7 Å². The van der Waals surface area contributed by atoms with Crippen LogP contribution in [-0.2, 0) is 16.9 Å². The Hall–Kier alpha value is -0.980. The van der Waals surface area contributed by atoms with Crippen LogP contribution in [0.25, 0.3) is 0 Å². The van der Waals surface area contributed by atoms with Crippen molar-refractivity contribution in [3.05, 3.63) is 11.7 Å². The van der Waals surface area contributed by atoms with E-state index in [-0.39, 0.29) is 5.60 Å². The predicted molar refractivity (Wildman–Crippen MR) is 65.0 cm³/mol. The average Bonchev–Trinajstić information content (AvgIpc) is 3.01. The fourth-order valence-corrected chi connectivity index (χ4v) is 2.55. The van der Waals surface area contributed by atoms with Crippen LogP contribution in [0.4, 0.5) is 0 Å². The normalized spacial score (nSPS) is 29.8. The lowest BCUT2D eigenvalue weighted by Crippen LogP contribution is -2.42. The monoisotopic (exact) mass is 252 g/mol. The summed E-state index contributed by atoms with van der Waals surface area (Å²) in [5.74, 6) is 1.40. The molecule has 2 aliphatic rings. The van der Waals surface area contributed by atoms with E-state index in [1.807, 2.05) is 6.92 Å². The van der Waals surface area contributed by atoms with E-state index < -0.39 is 0 Å². The summed E-state index contributed by atoms with van der Waals surface area (Å²) >= 11 is 0. The van der Waals surface area contributed by atoms with Crippen LogP contribution >= 0.6 is 0 Å². The van der Waals surface area contributed by atoms with Crippen LogP contribution in [0.5, 0.6) is 0 Å². The van der Waals surface area contributed by atoms with Gasteiger partial charge in [-0.3, -0.25) is 4.90 Å². The van der Waals surface area contributed by atoms with Gasteiger partial charge in [0.2, 0.25) is 11.7 Å². The molecule has 2 fully saturated rings. The van der Waals surface area contributed by atoms with Crippen LogP contribution in [-0.4, -0.2) is 47.8 Å². The fraction of sp³-hybridized carbons (Fsp3) is 0.833. The highest BCUT2D eigenvalue weighted by molar-refractivity contribution is 5.01. The van der Waals surface area contributed by atoms with E-state index in [0.717, 1.165) is 52.2 Å². The molecule has 100 valence electrons. The van der Waals surface area contributed by atoms with Crippen molar-refractivity contribution in [3.63, 3.8) is 0 Å². The molecule has 0 radical (unpaired) electrons. The molecule has 0 saturated carbocycles. The van der Waals surface area contributed by atoms with Crippen LogP contribution in [0, 0.1) is 0 Å². The van der Waals surface area contributed by atoms with Crippen molar-refractivity contribution in [2.75, 3.05) is 32.8 Å². The molecule has 1 aromatic rings. The van der Waals surface area contributed by atoms with E-state index in [2.05, 4.69) is 20.4 Å². The van der Waals surface area contributed by atoms with Gasteiger partial charge in [0.25, 0.3) is 0 Å². The number of nitrogens with one attached hydrogen (secondary N) is 1. The summed E-state index contributed by atoms with van der Waals surface area (Å²) in [7, 11) is 0. The largest absolute Gasteiger partial charge is 0.367 e. The van der Waals surface area contributed by atoms with Crippen molar-refractivity contribution >= 4 is 0 Å². The maximum absolute atomic E-state index is 5.72. The second kappa shape index (κ2) is 4.95. The second-order valence-electron chi connectivity index (χ2n) is 5.22. The maximum Gasteiger partial charge on any atom is 0.240 e. The molecule has 1 aromatic heterocycles. The number of aromatic nitrogens is 2. The molecule has 6 nitrogen and oxygen atoms in total. The first-order valence-corrected chi connectivity index (χ1v) is 6.66. The van der Waals surface area contributed by atoms with Gasteiger partial charge in [0.05, 0.1) is 6.54 Å². The van der Waals surface area contributed by atoms with Crippen LogP contribution in [0.3, 0.4) is 0 Å². The quantitative estimate of drug-likeness (QED) is 0.845. The van der Waals surface area contributed by atoms with E-state index in [1.54, 1.807) is 0 Å². The van der Waals surface area contributed by atoms with Gasteiger partial charge in [-0.05, 0) is 19.8 Å². The third-order valence-electron chi connectivity index (χ3n) is 3.73. The van der Waals surface area contributed by atoms with Gasteiger partial charge < -0.3 is 14.6 Å². The van der Waals surface area contributed by atoms with Gasteiger partial charge in [0, 0.05) is 32.8 Å². The molecule has 1 unspecified atom stereocenters. The first-order chi connectivity index (χ1) is 8.76. The Morgan fingerprint density at radius 3 is 2.94 bits per heavy atom. The molecule has 3 rings (SSSR count). The lowest BCUT2D eigenvalue weighted by molar-refractivity contribution is 0.00768. The van der Waals surface area contributed by atoms with Crippen LogP contribution in [0.15, 0.2) is 4.52 Å². The molecule has 0 aliphatic carbocycles. The molecule has 6 heteroatoms. The molecule has 2 aliphatic heterocycles. The molecule has 0 bridgehead atoms. The van der Waals surface area contributed by atoms with Gasteiger partial charge in [-0.2, -0.15) is 4.98 Å². The van der Waals surface area contributed by atoms with E-state index in [9.17, 15) is 0 Å². The Morgan fingerprint density at radius 2 is 2.22 bits per heavy atom. The molecule has 0 amide bonds. The minimum absolute atomic E-state index is 0.342. The van der Waals surface area contributed by atoms with E-state index in [1.165, 1.54) is 0 Å². The minimum Gasteiger partial charge on any atom is -0.367 e. The third kappa shape index (κ3) is 2.41. The standard InChI is InChI=1S/C12H20N4O2/c1-12(3-2-8-17-12)11-14-10(18-15-11)9-16-6-4-13-5-7-16/h13H,2-9H2,1H3. The minimum atomic E-state index is -0.342. The number of hydrogen-bond donors (Lipinski definition) is 1. The van der Waals surface area contributed by atoms with Crippen molar-refractivity contribution in [1.82, 2.24) is 20.4 Å². The van der Waals surface area contributed by atoms with Gasteiger partial charge in [-0.15, -0.1) is 0 Å². The summed E-state index contributed by atoms with van der Waals surface area (Å²) in [6.07, 6.45) is 2.04. The number of nitrogens with zero attached hydrogens (tertiary/aromatic N) is 3. The van der Waals surface area contributed by atoms with Gasteiger partial charge in [0.15, 0.2) is 0 Å². The summed E-state index contributed by atoms with van der Waals surface area (Å²) in [5.41, 5.74) is -0.342. The predicted octanol–water partition coefficient (Wildman–Crippen LogP) is 0.500. The van der Waals surface area contributed by atoms with Crippen molar-refractivity contribution < 1.29 is 9.26 Å². The molecule has 2 saturated heterocycles. The van der Waals surface area contributed by atoms with Gasteiger partial charge in [-0.25, -0.2) is 0 Å². The Balaban J connectivity index is 1.65. The van der Waals surface area contributed by atoms with Crippen LogP contribution < -0.4 is 5.32 Å². The molecule has 0 spiro atoms. The highest BCUT2D eigenvalue weighted by Gasteiger charge is 2.36. The van der Waals surface area contributed by atoms with E-state index in [4.69, 9.17) is 9.26 Å². The van der Waals surface area contributed by atoms with Gasteiger partial charge in [0.1, 0.15) is 5.60 Å². The van der Waals surface area contributed by atoms with Crippen molar-refractivity contribution in [3.8, 4) is 0 Å². The number of hydrogen-bond acceptors (Lipinski definition) is 6. The first-order valence-electron chi connectivity index (χ1n) is 6.66. The lowest BCUT2D eigenvalue weighted by atomic mass is 10.0. The summed E-state index contributed by atoms with van der Waals surface area (Å²) < 4.78 is 11.1. The lowest BCUT2D eigenvalue weighted by Gasteiger charge is -2.25. The highest BCUT2D eigenvalue weighted by Crippen LogP contribution is 2.33. The Kier molecular flexibility index (Phi) is 3.32. The molecule has 0 aromatic carbocycles.